The van der Waals surface area contributed by atoms with Gasteiger partial charge >= 0.3 is 17.1 Å². The maximum atomic E-state index is 4.31. The van der Waals surface area contributed by atoms with Crippen LogP contribution in [0.25, 0.3) is 0 Å². The quantitative estimate of drug-likeness (QED) is 0.437. The molecule has 1 aromatic heterocycles. The summed E-state index contributed by atoms with van der Waals surface area (Å²) in [7, 11) is 1.18. The molecule has 0 atom stereocenters. The van der Waals surface area contributed by atoms with Gasteiger partial charge < -0.3 is 4.98 Å². The van der Waals surface area contributed by atoms with Gasteiger partial charge in [0, 0.05) is 12.8 Å². The first-order valence-electron chi connectivity index (χ1n) is 4.86. The third kappa shape index (κ3) is 6.37. The first kappa shape index (κ1) is 13.9. The Morgan fingerprint density at radius 2 is 2.29 bits per heavy atom. The van der Waals surface area contributed by atoms with Gasteiger partial charge in [-0.2, -0.15) is 0 Å². The van der Waals surface area contributed by atoms with Crippen LogP contribution in [0.15, 0.2) is 16.7 Å². The summed E-state index contributed by atoms with van der Waals surface area (Å²) >= 11 is 0. The average molecular weight is 259 g/mol. The van der Waals surface area contributed by atoms with Gasteiger partial charge in [0.05, 0.1) is 0 Å². The van der Waals surface area contributed by atoms with Gasteiger partial charge in [0.2, 0.25) is 0 Å². The second-order valence-corrected chi connectivity index (χ2v) is 3.83. The van der Waals surface area contributed by atoms with Crippen molar-refractivity contribution in [1.29, 1.82) is 0 Å². The van der Waals surface area contributed by atoms with Crippen molar-refractivity contribution in [2.75, 3.05) is 6.54 Å². The largest absolute Gasteiger partial charge is 1.00 e. The number of aliphatic imine (C=N–C) groups is 1. The molecule has 4 heteroatoms. The zero-order valence-electron chi connectivity index (χ0n) is 8.41. The normalized spacial score (nSPS) is 10.9. The molecule has 0 spiro atoms. The van der Waals surface area contributed by atoms with E-state index in [0.29, 0.717) is 0 Å². The molecule has 1 heterocycles. The monoisotopic (exact) mass is 258 g/mol. The van der Waals surface area contributed by atoms with Gasteiger partial charge in [0.25, 0.3) is 0 Å². The molecular weight excluding hydrogens is 243 g/mol. The Morgan fingerprint density at radius 3 is 2.93 bits per heavy atom. The minimum absolute atomic E-state index is 0. The summed E-state index contributed by atoms with van der Waals surface area (Å²) in [5.74, 6) is 3.95. The molecular formula is C10H16CuN2P. The van der Waals surface area contributed by atoms with Crippen LogP contribution in [-0.2, 0) is 17.1 Å². The zero-order chi connectivity index (χ0) is 9.36. The molecule has 82 valence electrons. The topological polar surface area (TPSA) is 26.5 Å². The fraction of sp³-hybridized carbons (Fsp3) is 0.600. The fourth-order valence-corrected chi connectivity index (χ4v) is 1.65. The number of rotatable bonds is 6. The molecule has 1 rings (SSSR count). The Hall–Kier alpha value is -0.101. The molecule has 14 heavy (non-hydrogen) atoms. The number of unbranched alkanes of at least 4 members (excludes halogenated alkanes) is 3. The summed E-state index contributed by atoms with van der Waals surface area (Å²) in [4.78, 5) is 8.46. The average Bonchev–Trinajstić information content (AvgIpc) is 2.63. The van der Waals surface area contributed by atoms with Gasteiger partial charge in [-0.1, -0.05) is 26.2 Å². The SMILES string of the molecule is CCCCCCN=Cc1cpc[n-]1.[Cu+]. The van der Waals surface area contributed by atoms with Crippen molar-refractivity contribution >= 4 is 14.4 Å². The van der Waals surface area contributed by atoms with Crippen LogP contribution in [0.1, 0.15) is 38.3 Å². The predicted octanol–water partition coefficient (Wildman–Crippen LogP) is 3.22. The Bertz CT molecular complexity index is 234. The Labute approximate surface area is 98.2 Å². The number of aromatic nitrogens is 1. The molecule has 0 fully saturated rings. The van der Waals surface area contributed by atoms with Crippen LogP contribution >= 0.6 is 8.19 Å². The molecule has 0 bridgehead atoms. The first-order chi connectivity index (χ1) is 6.43. The summed E-state index contributed by atoms with van der Waals surface area (Å²) in [5, 5.41) is 0. The summed E-state index contributed by atoms with van der Waals surface area (Å²) in [6, 6.07) is 0. The van der Waals surface area contributed by atoms with Gasteiger partial charge in [0.15, 0.2) is 0 Å². The van der Waals surface area contributed by atoms with Gasteiger partial charge in [-0.3, -0.25) is 4.99 Å². The van der Waals surface area contributed by atoms with E-state index in [1.54, 1.807) is 0 Å². The molecule has 0 aliphatic rings. The van der Waals surface area contributed by atoms with Crippen LogP contribution in [0.4, 0.5) is 0 Å². The molecule has 0 radical (unpaired) electrons. The minimum atomic E-state index is 0. The van der Waals surface area contributed by atoms with Gasteiger partial charge in [-0.05, 0) is 12.2 Å². The van der Waals surface area contributed by atoms with E-state index >= 15 is 0 Å². The molecule has 2 nitrogen and oxygen atoms in total. The van der Waals surface area contributed by atoms with E-state index in [1.165, 1.54) is 33.9 Å². The number of hydrogen-bond acceptors (Lipinski definition) is 1. The van der Waals surface area contributed by atoms with Crippen molar-refractivity contribution in [2.24, 2.45) is 4.99 Å². The second-order valence-electron chi connectivity index (χ2n) is 3.04. The Balaban J connectivity index is 0.00000169. The van der Waals surface area contributed by atoms with E-state index in [9.17, 15) is 0 Å². The molecule has 0 saturated heterocycles. The van der Waals surface area contributed by atoms with Crippen molar-refractivity contribution in [3.63, 3.8) is 0 Å². The van der Waals surface area contributed by atoms with E-state index in [4.69, 9.17) is 0 Å². The first-order valence-corrected chi connectivity index (χ1v) is 5.89. The smallest absolute Gasteiger partial charge is 0.659 e. The summed E-state index contributed by atoms with van der Waals surface area (Å²) in [6.07, 6.45) is 7.00. The van der Waals surface area contributed by atoms with Crippen LogP contribution < -0.4 is 4.98 Å². The van der Waals surface area contributed by atoms with Crippen LogP contribution in [0.5, 0.6) is 0 Å². The van der Waals surface area contributed by atoms with E-state index in [1.807, 2.05) is 12.1 Å². The number of hydrogen-bond donors (Lipinski definition) is 0. The standard InChI is InChI=1S/C10H16N2P.Cu/c1-2-3-4-5-6-11-7-10-8-13-9-12-10;/h7-9H,2-6H2,1H3;/q-1;+1. The van der Waals surface area contributed by atoms with E-state index in [2.05, 4.69) is 22.7 Å². The molecule has 0 saturated carbocycles. The van der Waals surface area contributed by atoms with Crippen LogP contribution in [0.2, 0.25) is 0 Å². The summed E-state index contributed by atoms with van der Waals surface area (Å²) < 4.78 is 0. The van der Waals surface area contributed by atoms with Crippen LogP contribution in [0.3, 0.4) is 0 Å². The van der Waals surface area contributed by atoms with Gasteiger partial charge in [-0.25, -0.2) is 0 Å². The molecule has 0 aliphatic heterocycles. The van der Waals surface area contributed by atoms with Crippen molar-refractivity contribution in [1.82, 2.24) is 4.98 Å². The van der Waals surface area contributed by atoms with E-state index < -0.39 is 0 Å². The fourth-order valence-electron chi connectivity index (χ4n) is 1.10. The summed E-state index contributed by atoms with van der Waals surface area (Å²) in [5.41, 5.74) is 1.01. The maximum Gasteiger partial charge on any atom is 1.00 e. The third-order valence-corrected chi connectivity index (χ3v) is 2.51. The van der Waals surface area contributed by atoms with E-state index in [0.717, 1.165) is 12.2 Å². The van der Waals surface area contributed by atoms with Crippen molar-refractivity contribution < 1.29 is 17.1 Å². The molecule has 0 aromatic carbocycles. The molecule has 0 unspecified atom stereocenters. The maximum absolute atomic E-state index is 4.31. The van der Waals surface area contributed by atoms with Gasteiger partial charge in [0.1, 0.15) is 0 Å². The second kappa shape index (κ2) is 9.45. The predicted molar refractivity (Wildman–Crippen MR) is 58.9 cm³/mol. The Morgan fingerprint density at radius 1 is 1.43 bits per heavy atom. The molecule has 1 aromatic rings. The molecule has 0 N–H and O–H groups in total. The van der Waals surface area contributed by atoms with Crippen molar-refractivity contribution in [3.05, 3.63) is 17.4 Å². The van der Waals surface area contributed by atoms with Crippen molar-refractivity contribution in [2.45, 2.75) is 32.6 Å². The molecule has 0 amide bonds. The summed E-state index contributed by atoms with van der Waals surface area (Å²) in [6.45, 7) is 3.17. The van der Waals surface area contributed by atoms with Crippen molar-refractivity contribution in [3.8, 4) is 0 Å². The minimum Gasteiger partial charge on any atom is -0.659 e. The van der Waals surface area contributed by atoms with Crippen LogP contribution in [0, 0.1) is 0 Å². The molecule has 0 aliphatic carbocycles. The number of nitrogens with zero attached hydrogens (tertiary/aromatic N) is 2. The zero-order valence-corrected chi connectivity index (χ0v) is 10.2. The van der Waals surface area contributed by atoms with Gasteiger partial charge in [-0.15, -0.1) is 19.8 Å². The van der Waals surface area contributed by atoms with Crippen LogP contribution in [-0.4, -0.2) is 12.8 Å². The third-order valence-electron chi connectivity index (χ3n) is 1.84. The van der Waals surface area contributed by atoms with E-state index in [-0.39, 0.29) is 17.1 Å². The Kier molecular flexibility index (Phi) is 9.39.